The summed E-state index contributed by atoms with van der Waals surface area (Å²) in [5.74, 6) is 1.82. The van der Waals surface area contributed by atoms with E-state index >= 15 is 0 Å². The highest BCUT2D eigenvalue weighted by molar-refractivity contribution is 14.0. The van der Waals surface area contributed by atoms with Crippen LogP contribution >= 0.6 is 24.0 Å². The molecule has 2 rings (SSSR count). The SMILES string of the molecule is CN=C(NCCCOC1CCCCC1)NCC1CC1.I. The van der Waals surface area contributed by atoms with Crippen molar-refractivity contribution < 1.29 is 4.74 Å². The molecular weight excluding hydrogens is 365 g/mol. The van der Waals surface area contributed by atoms with Crippen LogP contribution in [0, 0.1) is 5.92 Å². The van der Waals surface area contributed by atoms with Crippen LogP contribution in [0.1, 0.15) is 51.4 Å². The molecule has 0 bridgehead atoms. The number of nitrogens with zero attached hydrogens (tertiary/aromatic N) is 1. The van der Waals surface area contributed by atoms with Crippen molar-refractivity contribution in [3.05, 3.63) is 0 Å². The third-order valence-corrected chi connectivity index (χ3v) is 4.00. The lowest BCUT2D eigenvalue weighted by atomic mass is 9.98. The maximum Gasteiger partial charge on any atom is 0.190 e. The molecule has 2 aliphatic rings. The fourth-order valence-corrected chi connectivity index (χ4v) is 2.54. The second-order valence-corrected chi connectivity index (χ2v) is 5.81. The van der Waals surface area contributed by atoms with E-state index in [-0.39, 0.29) is 24.0 Å². The lowest BCUT2D eigenvalue weighted by Gasteiger charge is -2.22. The van der Waals surface area contributed by atoms with Gasteiger partial charge >= 0.3 is 0 Å². The third kappa shape index (κ3) is 7.67. The number of aliphatic imine (C=N–C) groups is 1. The summed E-state index contributed by atoms with van der Waals surface area (Å²) in [4.78, 5) is 4.23. The van der Waals surface area contributed by atoms with E-state index in [1.54, 1.807) is 0 Å². The summed E-state index contributed by atoms with van der Waals surface area (Å²) in [6.45, 7) is 2.88. The summed E-state index contributed by atoms with van der Waals surface area (Å²) in [6, 6.07) is 0. The average molecular weight is 395 g/mol. The van der Waals surface area contributed by atoms with Crippen molar-refractivity contribution in [1.29, 1.82) is 0 Å². The highest BCUT2D eigenvalue weighted by Crippen LogP contribution is 2.27. The smallest absolute Gasteiger partial charge is 0.190 e. The number of nitrogens with one attached hydrogen (secondary N) is 2. The van der Waals surface area contributed by atoms with Crippen LogP contribution in [0.15, 0.2) is 4.99 Å². The second kappa shape index (κ2) is 10.7. The van der Waals surface area contributed by atoms with Gasteiger partial charge in [0.2, 0.25) is 0 Å². The molecule has 2 aliphatic carbocycles. The Balaban J connectivity index is 0.00000200. The van der Waals surface area contributed by atoms with E-state index in [9.17, 15) is 0 Å². The van der Waals surface area contributed by atoms with Crippen molar-refractivity contribution in [2.24, 2.45) is 10.9 Å². The van der Waals surface area contributed by atoms with Gasteiger partial charge in [-0.3, -0.25) is 4.99 Å². The second-order valence-electron chi connectivity index (χ2n) is 5.81. The van der Waals surface area contributed by atoms with Gasteiger partial charge in [0.15, 0.2) is 5.96 Å². The maximum absolute atomic E-state index is 5.91. The van der Waals surface area contributed by atoms with Crippen LogP contribution in [0.5, 0.6) is 0 Å². The first kappa shape index (κ1) is 18.0. The van der Waals surface area contributed by atoms with Crippen LogP contribution < -0.4 is 10.6 Å². The van der Waals surface area contributed by atoms with Gasteiger partial charge in [-0.2, -0.15) is 0 Å². The van der Waals surface area contributed by atoms with Gasteiger partial charge in [-0.1, -0.05) is 19.3 Å². The molecule has 0 spiro atoms. The van der Waals surface area contributed by atoms with E-state index in [1.807, 2.05) is 7.05 Å². The van der Waals surface area contributed by atoms with Gasteiger partial charge in [0.1, 0.15) is 0 Å². The fraction of sp³-hybridized carbons (Fsp3) is 0.933. The summed E-state index contributed by atoms with van der Waals surface area (Å²) >= 11 is 0. The molecule has 0 aromatic rings. The number of rotatable bonds is 7. The predicted molar refractivity (Wildman–Crippen MR) is 94.9 cm³/mol. The van der Waals surface area contributed by atoms with Gasteiger partial charge in [-0.25, -0.2) is 0 Å². The van der Waals surface area contributed by atoms with E-state index in [2.05, 4.69) is 15.6 Å². The maximum atomic E-state index is 5.91. The van der Waals surface area contributed by atoms with Gasteiger partial charge in [0, 0.05) is 26.7 Å². The molecule has 0 amide bonds. The molecule has 0 aromatic heterocycles. The Morgan fingerprint density at radius 2 is 1.85 bits per heavy atom. The molecule has 0 aromatic carbocycles. The Labute approximate surface area is 140 Å². The van der Waals surface area contributed by atoms with E-state index in [4.69, 9.17) is 4.74 Å². The Morgan fingerprint density at radius 1 is 1.10 bits per heavy atom. The quantitative estimate of drug-likeness (QED) is 0.302. The first-order valence-corrected chi connectivity index (χ1v) is 7.94. The van der Waals surface area contributed by atoms with Crippen molar-refractivity contribution >= 4 is 29.9 Å². The Morgan fingerprint density at radius 3 is 2.50 bits per heavy atom. The summed E-state index contributed by atoms with van der Waals surface area (Å²) < 4.78 is 5.91. The average Bonchev–Trinajstić information content (AvgIpc) is 3.27. The van der Waals surface area contributed by atoms with E-state index < -0.39 is 0 Å². The molecular formula is C15H30IN3O. The summed E-state index contributed by atoms with van der Waals surface area (Å²) in [6.07, 6.45) is 10.9. The molecule has 0 saturated heterocycles. The van der Waals surface area contributed by atoms with Gasteiger partial charge in [0.25, 0.3) is 0 Å². The number of ether oxygens (including phenoxy) is 1. The Bertz CT molecular complexity index is 276. The van der Waals surface area contributed by atoms with Crippen molar-refractivity contribution in [2.45, 2.75) is 57.5 Å². The number of guanidine groups is 1. The highest BCUT2D eigenvalue weighted by atomic mass is 127. The van der Waals surface area contributed by atoms with Crippen LogP contribution in [0.2, 0.25) is 0 Å². The molecule has 0 atom stereocenters. The minimum absolute atomic E-state index is 0. The molecule has 0 radical (unpaired) electrons. The third-order valence-electron chi connectivity index (χ3n) is 4.00. The number of halogens is 1. The zero-order valence-electron chi connectivity index (χ0n) is 12.7. The standard InChI is InChI=1S/C15H29N3O.HI/c1-16-15(18-12-13-8-9-13)17-10-5-11-19-14-6-3-2-4-7-14;/h13-14H,2-12H2,1H3,(H2,16,17,18);1H. The first-order chi connectivity index (χ1) is 9.38. The molecule has 5 heteroatoms. The molecule has 0 unspecified atom stereocenters. The van der Waals surface area contributed by atoms with Crippen LogP contribution in [-0.2, 0) is 4.74 Å². The Hall–Kier alpha value is -0.0400. The van der Waals surface area contributed by atoms with E-state index in [0.717, 1.165) is 38.0 Å². The monoisotopic (exact) mass is 395 g/mol. The minimum atomic E-state index is 0. The lowest BCUT2D eigenvalue weighted by Crippen LogP contribution is -2.39. The minimum Gasteiger partial charge on any atom is -0.378 e. The number of hydrogen-bond donors (Lipinski definition) is 2. The van der Waals surface area contributed by atoms with E-state index in [1.165, 1.54) is 44.9 Å². The molecule has 118 valence electrons. The van der Waals surface area contributed by atoms with Crippen molar-refractivity contribution in [3.8, 4) is 0 Å². The fourth-order valence-electron chi connectivity index (χ4n) is 2.54. The van der Waals surface area contributed by atoms with Gasteiger partial charge in [-0.05, 0) is 38.0 Å². The van der Waals surface area contributed by atoms with Gasteiger partial charge < -0.3 is 15.4 Å². The summed E-state index contributed by atoms with van der Waals surface area (Å²) in [7, 11) is 1.83. The van der Waals surface area contributed by atoms with Crippen molar-refractivity contribution in [3.63, 3.8) is 0 Å². The van der Waals surface area contributed by atoms with Crippen LogP contribution in [0.25, 0.3) is 0 Å². The number of hydrogen-bond acceptors (Lipinski definition) is 2. The van der Waals surface area contributed by atoms with Gasteiger partial charge in [-0.15, -0.1) is 24.0 Å². The molecule has 2 saturated carbocycles. The molecule has 0 heterocycles. The topological polar surface area (TPSA) is 45.7 Å². The molecule has 0 aliphatic heterocycles. The van der Waals surface area contributed by atoms with E-state index in [0.29, 0.717) is 6.10 Å². The van der Waals surface area contributed by atoms with Crippen LogP contribution in [0.4, 0.5) is 0 Å². The normalized spacial score (nSPS) is 20.4. The Kier molecular flexibility index (Phi) is 9.59. The molecule has 20 heavy (non-hydrogen) atoms. The van der Waals surface area contributed by atoms with Crippen LogP contribution in [-0.4, -0.2) is 38.8 Å². The summed E-state index contributed by atoms with van der Waals surface area (Å²) in [5.41, 5.74) is 0. The zero-order valence-corrected chi connectivity index (χ0v) is 15.0. The van der Waals surface area contributed by atoms with Crippen LogP contribution in [0.3, 0.4) is 0 Å². The first-order valence-electron chi connectivity index (χ1n) is 7.94. The molecule has 2 fully saturated rings. The molecule has 2 N–H and O–H groups in total. The van der Waals surface area contributed by atoms with Gasteiger partial charge in [0.05, 0.1) is 6.10 Å². The van der Waals surface area contributed by atoms with Crippen molar-refractivity contribution in [1.82, 2.24) is 10.6 Å². The molecule has 4 nitrogen and oxygen atoms in total. The summed E-state index contributed by atoms with van der Waals surface area (Å²) in [5, 5.41) is 6.72. The predicted octanol–water partition coefficient (Wildman–Crippen LogP) is 2.92. The zero-order chi connectivity index (χ0) is 13.3. The highest BCUT2D eigenvalue weighted by Gasteiger charge is 2.20. The largest absolute Gasteiger partial charge is 0.378 e. The van der Waals surface area contributed by atoms with Crippen molar-refractivity contribution in [2.75, 3.05) is 26.7 Å². The lowest BCUT2D eigenvalue weighted by molar-refractivity contribution is 0.0277.